The number of benzene rings is 1. The summed E-state index contributed by atoms with van der Waals surface area (Å²) < 4.78 is 0. The highest BCUT2D eigenvalue weighted by Crippen LogP contribution is 2.24. The Kier molecular flexibility index (Phi) is 3.03. The first-order chi connectivity index (χ1) is 6.11. The van der Waals surface area contributed by atoms with Gasteiger partial charge in [0.15, 0.2) is 6.29 Å². The molecular formula is C10H15NO2. The fourth-order valence-electron chi connectivity index (χ4n) is 1.28. The summed E-state index contributed by atoms with van der Waals surface area (Å²) in [6.45, 7) is 1.83. The minimum absolute atomic E-state index is 0.481. The lowest BCUT2D eigenvalue weighted by atomic mass is 9.88. The Morgan fingerprint density at radius 1 is 1.31 bits per heavy atom. The van der Waals surface area contributed by atoms with E-state index in [2.05, 4.69) is 0 Å². The molecule has 1 atom stereocenters. The minimum Gasteiger partial charge on any atom is -0.366 e. The van der Waals surface area contributed by atoms with Gasteiger partial charge in [0.25, 0.3) is 0 Å². The number of rotatable bonds is 3. The van der Waals surface area contributed by atoms with Crippen molar-refractivity contribution in [1.82, 2.24) is 0 Å². The maximum absolute atomic E-state index is 9.16. The van der Waals surface area contributed by atoms with E-state index in [1.165, 1.54) is 0 Å². The lowest BCUT2D eigenvalue weighted by molar-refractivity contribution is -0.100. The molecule has 3 nitrogen and oxygen atoms in total. The monoisotopic (exact) mass is 181 g/mol. The molecule has 1 aromatic carbocycles. The Labute approximate surface area is 77.8 Å². The van der Waals surface area contributed by atoms with Crippen LogP contribution in [0, 0.1) is 0 Å². The zero-order valence-corrected chi connectivity index (χ0v) is 7.64. The van der Waals surface area contributed by atoms with Crippen LogP contribution >= 0.6 is 0 Å². The van der Waals surface area contributed by atoms with E-state index in [0.717, 1.165) is 5.56 Å². The van der Waals surface area contributed by atoms with Gasteiger partial charge in [-0.2, -0.15) is 0 Å². The Hall–Kier alpha value is -0.900. The molecule has 0 aliphatic heterocycles. The van der Waals surface area contributed by atoms with Crippen molar-refractivity contribution < 1.29 is 10.2 Å². The molecule has 0 saturated heterocycles. The Morgan fingerprint density at radius 2 is 1.85 bits per heavy atom. The Bertz CT molecular complexity index is 261. The van der Waals surface area contributed by atoms with Gasteiger partial charge >= 0.3 is 0 Å². The smallest absolute Gasteiger partial charge is 0.174 e. The zero-order valence-electron chi connectivity index (χ0n) is 7.64. The van der Waals surface area contributed by atoms with Gasteiger partial charge in [-0.1, -0.05) is 37.3 Å². The van der Waals surface area contributed by atoms with Crippen molar-refractivity contribution in [2.45, 2.75) is 25.2 Å². The van der Waals surface area contributed by atoms with Gasteiger partial charge in [0.05, 0.1) is 5.54 Å². The molecule has 1 rings (SSSR count). The number of aliphatic hydroxyl groups is 2. The summed E-state index contributed by atoms with van der Waals surface area (Å²) in [5, 5.41) is 18.3. The molecule has 0 aromatic heterocycles. The van der Waals surface area contributed by atoms with Crippen molar-refractivity contribution in [3.05, 3.63) is 35.9 Å². The first-order valence-electron chi connectivity index (χ1n) is 4.32. The summed E-state index contributed by atoms with van der Waals surface area (Å²) in [5.41, 5.74) is 5.55. The molecule has 4 N–H and O–H groups in total. The largest absolute Gasteiger partial charge is 0.366 e. The number of hydrogen-bond acceptors (Lipinski definition) is 3. The van der Waals surface area contributed by atoms with E-state index in [4.69, 9.17) is 15.9 Å². The van der Waals surface area contributed by atoms with Crippen molar-refractivity contribution in [3.63, 3.8) is 0 Å². The molecule has 13 heavy (non-hydrogen) atoms. The standard InChI is InChI=1S/C10H15NO2/c1-2-10(11,9(12)13)8-6-4-3-5-7-8/h3-7,9,12-13H,2,11H2,1H3/t10-/m1/s1. The second-order valence-electron chi connectivity index (χ2n) is 3.13. The minimum atomic E-state index is -1.53. The van der Waals surface area contributed by atoms with Crippen molar-refractivity contribution in [2.24, 2.45) is 5.73 Å². The molecule has 0 spiro atoms. The normalized spacial score (nSPS) is 15.8. The summed E-state index contributed by atoms with van der Waals surface area (Å²) in [5.74, 6) is 0. The van der Waals surface area contributed by atoms with E-state index in [1.54, 1.807) is 12.1 Å². The number of aliphatic hydroxyl groups excluding tert-OH is 1. The fourth-order valence-corrected chi connectivity index (χ4v) is 1.28. The predicted molar refractivity (Wildman–Crippen MR) is 50.8 cm³/mol. The van der Waals surface area contributed by atoms with Gasteiger partial charge < -0.3 is 15.9 Å². The van der Waals surface area contributed by atoms with Crippen LogP contribution in [0.2, 0.25) is 0 Å². The van der Waals surface area contributed by atoms with Crippen LogP contribution in [0.25, 0.3) is 0 Å². The third kappa shape index (κ3) is 1.88. The molecule has 0 aliphatic carbocycles. The van der Waals surface area contributed by atoms with E-state index in [0.29, 0.717) is 6.42 Å². The molecular weight excluding hydrogens is 166 g/mol. The average molecular weight is 181 g/mol. The van der Waals surface area contributed by atoms with Gasteiger partial charge in [-0.05, 0) is 12.0 Å². The quantitative estimate of drug-likeness (QED) is 0.597. The van der Waals surface area contributed by atoms with Crippen LogP contribution in [0.5, 0.6) is 0 Å². The van der Waals surface area contributed by atoms with E-state index >= 15 is 0 Å². The summed E-state index contributed by atoms with van der Waals surface area (Å²) in [6, 6.07) is 9.11. The summed E-state index contributed by atoms with van der Waals surface area (Å²) >= 11 is 0. The number of hydrogen-bond donors (Lipinski definition) is 3. The summed E-state index contributed by atoms with van der Waals surface area (Å²) in [6.07, 6.45) is -1.05. The van der Waals surface area contributed by atoms with Crippen LogP contribution in [-0.4, -0.2) is 16.5 Å². The second-order valence-corrected chi connectivity index (χ2v) is 3.13. The molecule has 1 aromatic rings. The molecule has 0 unspecified atom stereocenters. The van der Waals surface area contributed by atoms with Crippen molar-refractivity contribution in [2.75, 3.05) is 0 Å². The average Bonchev–Trinajstić information content (AvgIpc) is 2.17. The van der Waals surface area contributed by atoms with E-state index in [-0.39, 0.29) is 0 Å². The molecule has 0 bridgehead atoms. The van der Waals surface area contributed by atoms with Crippen LogP contribution in [-0.2, 0) is 5.54 Å². The molecule has 3 heteroatoms. The highest BCUT2D eigenvalue weighted by Gasteiger charge is 2.32. The van der Waals surface area contributed by atoms with Gasteiger partial charge in [0, 0.05) is 0 Å². The fraction of sp³-hybridized carbons (Fsp3) is 0.400. The van der Waals surface area contributed by atoms with Crippen molar-refractivity contribution in [1.29, 1.82) is 0 Å². The van der Waals surface area contributed by atoms with Crippen molar-refractivity contribution in [3.8, 4) is 0 Å². The highest BCUT2D eigenvalue weighted by atomic mass is 16.5. The summed E-state index contributed by atoms with van der Waals surface area (Å²) in [7, 11) is 0. The molecule has 0 saturated carbocycles. The third-order valence-electron chi connectivity index (χ3n) is 2.36. The highest BCUT2D eigenvalue weighted by molar-refractivity contribution is 5.24. The lowest BCUT2D eigenvalue weighted by Gasteiger charge is -2.30. The van der Waals surface area contributed by atoms with Crippen molar-refractivity contribution >= 4 is 0 Å². The Balaban J connectivity index is 3.03. The van der Waals surface area contributed by atoms with Crippen LogP contribution in [0.15, 0.2) is 30.3 Å². The van der Waals surface area contributed by atoms with Gasteiger partial charge in [-0.25, -0.2) is 0 Å². The maximum atomic E-state index is 9.16. The van der Waals surface area contributed by atoms with Crippen LogP contribution < -0.4 is 5.73 Å². The van der Waals surface area contributed by atoms with Crippen LogP contribution in [0.3, 0.4) is 0 Å². The summed E-state index contributed by atoms with van der Waals surface area (Å²) in [4.78, 5) is 0. The first-order valence-corrected chi connectivity index (χ1v) is 4.32. The van der Waals surface area contributed by atoms with E-state index in [1.807, 2.05) is 25.1 Å². The van der Waals surface area contributed by atoms with E-state index < -0.39 is 11.8 Å². The molecule has 0 amide bonds. The molecule has 0 fully saturated rings. The first kappa shape index (κ1) is 10.2. The van der Waals surface area contributed by atoms with Gasteiger partial charge in [0.1, 0.15) is 0 Å². The predicted octanol–water partition coefficient (Wildman–Crippen LogP) is 0.561. The second kappa shape index (κ2) is 3.87. The molecule has 0 radical (unpaired) electrons. The van der Waals surface area contributed by atoms with Gasteiger partial charge in [0.2, 0.25) is 0 Å². The molecule has 0 heterocycles. The maximum Gasteiger partial charge on any atom is 0.174 e. The topological polar surface area (TPSA) is 66.5 Å². The van der Waals surface area contributed by atoms with Gasteiger partial charge in [-0.15, -0.1) is 0 Å². The molecule has 72 valence electrons. The van der Waals surface area contributed by atoms with Crippen LogP contribution in [0.4, 0.5) is 0 Å². The SMILES string of the molecule is CC[C@@](N)(c1ccccc1)C(O)O. The zero-order chi connectivity index (χ0) is 9.90. The van der Waals surface area contributed by atoms with Crippen LogP contribution in [0.1, 0.15) is 18.9 Å². The number of nitrogens with two attached hydrogens (primary N) is 1. The third-order valence-corrected chi connectivity index (χ3v) is 2.36. The Morgan fingerprint density at radius 3 is 2.23 bits per heavy atom. The lowest BCUT2D eigenvalue weighted by Crippen LogP contribution is -2.47. The molecule has 0 aliphatic rings. The van der Waals surface area contributed by atoms with E-state index in [9.17, 15) is 0 Å². The van der Waals surface area contributed by atoms with Gasteiger partial charge in [-0.3, -0.25) is 0 Å².